The minimum absolute atomic E-state index is 0.145. The number of hydrogen-bond donors (Lipinski definition) is 1. The van der Waals surface area contributed by atoms with Crippen molar-refractivity contribution in [1.29, 1.82) is 0 Å². The highest BCUT2D eigenvalue weighted by atomic mass is 16.2. The second-order valence-electron chi connectivity index (χ2n) is 13.0. The van der Waals surface area contributed by atoms with Gasteiger partial charge in [0.25, 0.3) is 5.91 Å². The van der Waals surface area contributed by atoms with Crippen molar-refractivity contribution in [1.82, 2.24) is 14.8 Å². The van der Waals surface area contributed by atoms with Crippen LogP contribution in [0.15, 0.2) is 78.9 Å². The fraction of sp³-hybridized carbons (Fsp3) is 0.436. The van der Waals surface area contributed by atoms with Gasteiger partial charge in [-0.25, -0.2) is 0 Å². The zero-order chi connectivity index (χ0) is 30.9. The molecule has 1 saturated heterocycles. The highest BCUT2D eigenvalue weighted by Gasteiger charge is 2.29. The Bertz CT molecular complexity index is 1490. The quantitative estimate of drug-likeness (QED) is 0.158. The summed E-state index contributed by atoms with van der Waals surface area (Å²) in [5, 5.41) is 4.71. The first-order valence-electron chi connectivity index (χ1n) is 16.7. The minimum atomic E-state index is 0.145. The van der Waals surface area contributed by atoms with Gasteiger partial charge in [0.1, 0.15) is 0 Å². The molecule has 2 heterocycles. The van der Waals surface area contributed by atoms with E-state index in [0.29, 0.717) is 6.54 Å². The van der Waals surface area contributed by atoms with E-state index in [1.165, 1.54) is 31.2 Å². The van der Waals surface area contributed by atoms with Gasteiger partial charge < -0.3 is 15.1 Å². The summed E-state index contributed by atoms with van der Waals surface area (Å²) in [6.45, 7) is 12.7. The summed E-state index contributed by atoms with van der Waals surface area (Å²) in [5.74, 6) is 0.862. The van der Waals surface area contributed by atoms with Gasteiger partial charge in [0.05, 0.1) is 5.52 Å². The van der Waals surface area contributed by atoms with Crippen molar-refractivity contribution in [3.05, 3.63) is 101 Å². The maximum Gasteiger partial charge on any atom is 0.254 e. The summed E-state index contributed by atoms with van der Waals surface area (Å²) in [4.78, 5) is 23.5. The molecule has 1 aromatic heterocycles. The van der Waals surface area contributed by atoms with Gasteiger partial charge in [-0.1, -0.05) is 76.1 Å². The Hall–Kier alpha value is -3.70. The standard InChI is InChI=1S/C39H50N4O/c1-5-6-7-10-31-13-17-33(18-14-31)39(44)43(35-22-25-42(26-23-35)24-21-29(2)3)28-32-15-19-34(20-16-32)41-38-27-30(4)40-37-12-9-8-11-36(37)38/h8-9,11-20,27,29,35H,5-7,10,21-26,28H2,1-4H3,(H,40,41). The number of benzene rings is 3. The Morgan fingerprint density at radius 3 is 2.36 bits per heavy atom. The highest BCUT2D eigenvalue weighted by molar-refractivity contribution is 5.95. The molecule has 5 rings (SSSR count). The van der Waals surface area contributed by atoms with E-state index in [1.54, 1.807) is 0 Å². The molecular formula is C39H50N4O. The van der Waals surface area contributed by atoms with E-state index < -0.39 is 0 Å². The smallest absolute Gasteiger partial charge is 0.254 e. The Labute approximate surface area is 264 Å². The lowest BCUT2D eigenvalue weighted by Gasteiger charge is -2.39. The average molecular weight is 591 g/mol. The molecule has 1 aliphatic heterocycles. The van der Waals surface area contributed by atoms with Gasteiger partial charge in [-0.05, 0) is 99.0 Å². The van der Waals surface area contributed by atoms with Crippen molar-refractivity contribution >= 4 is 28.2 Å². The number of aryl methyl sites for hydroxylation is 2. The van der Waals surface area contributed by atoms with Crippen LogP contribution in [0.3, 0.4) is 0 Å². The van der Waals surface area contributed by atoms with Crippen molar-refractivity contribution < 1.29 is 4.79 Å². The first-order valence-corrected chi connectivity index (χ1v) is 16.7. The second-order valence-corrected chi connectivity index (χ2v) is 13.0. The van der Waals surface area contributed by atoms with Gasteiger partial charge in [-0.15, -0.1) is 0 Å². The molecule has 1 amide bonds. The molecule has 1 fully saturated rings. The molecule has 5 heteroatoms. The minimum Gasteiger partial charge on any atom is -0.355 e. The number of piperidine rings is 1. The Morgan fingerprint density at radius 1 is 0.955 bits per heavy atom. The van der Waals surface area contributed by atoms with Crippen LogP contribution in [0, 0.1) is 12.8 Å². The van der Waals surface area contributed by atoms with Crippen molar-refractivity contribution in [2.45, 2.75) is 85.2 Å². The van der Waals surface area contributed by atoms with Crippen LogP contribution in [0.5, 0.6) is 0 Å². The molecule has 4 aromatic rings. The predicted octanol–water partition coefficient (Wildman–Crippen LogP) is 9.17. The maximum atomic E-state index is 14.1. The lowest BCUT2D eigenvalue weighted by Crippen LogP contribution is -2.47. The van der Waals surface area contributed by atoms with Crippen molar-refractivity contribution in [3.63, 3.8) is 0 Å². The van der Waals surface area contributed by atoms with Crippen molar-refractivity contribution in [2.75, 3.05) is 25.0 Å². The molecule has 0 saturated carbocycles. The summed E-state index contributed by atoms with van der Waals surface area (Å²) < 4.78 is 0. The molecule has 0 bridgehead atoms. The van der Waals surface area contributed by atoms with Crippen LogP contribution in [0.25, 0.3) is 10.9 Å². The van der Waals surface area contributed by atoms with Crippen LogP contribution in [-0.2, 0) is 13.0 Å². The van der Waals surface area contributed by atoms with Gasteiger partial charge in [0.2, 0.25) is 0 Å². The lowest BCUT2D eigenvalue weighted by atomic mass is 9.99. The summed E-state index contributed by atoms with van der Waals surface area (Å²) in [6.07, 6.45) is 8.02. The number of unbranched alkanes of at least 4 members (excludes halogenated alkanes) is 2. The van der Waals surface area contributed by atoms with E-state index in [0.717, 1.165) is 83.9 Å². The number of nitrogens with zero attached hydrogens (tertiary/aromatic N) is 3. The largest absolute Gasteiger partial charge is 0.355 e. The van der Waals surface area contributed by atoms with Crippen LogP contribution in [0.4, 0.5) is 11.4 Å². The first-order chi connectivity index (χ1) is 21.4. The van der Waals surface area contributed by atoms with E-state index in [-0.39, 0.29) is 11.9 Å². The van der Waals surface area contributed by atoms with E-state index in [2.05, 4.69) is 95.5 Å². The number of carbonyl (C=O) groups excluding carboxylic acids is 1. The second kappa shape index (κ2) is 15.3. The fourth-order valence-electron chi connectivity index (χ4n) is 6.28. The van der Waals surface area contributed by atoms with Crippen LogP contribution in [0.1, 0.15) is 86.5 Å². The lowest BCUT2D eigenvalue weighted by molar-refractivity contribution is 0.0546. The number of aromatic nitrogens is 1. The third-order valence-electron chi connectivity index (χ3n) is 8.98. The van der Waals surface area contributed by atoms with Crippen LogP contribution < -0.4 is 5.32 Å². The Morgan fingerprint density at radius 2 is 1.66 bits per heavy atom. The molecule has 1 aliphatic rings. The van der Waals surface area contributed by atoms with Gasteiger partial charge >= 0.3 is 0 Å². The van der Waals surface area contributed by atoms with Gasteiger partial charge in [0.15, 0.2) is 0 Å². The number of nitrogens with one attached hydrogen (secondary N) is 1. The molecule has 232 valence electrons. The molecule has 0 aliphatic carbocycles. The molecule has 0 atom stereocenters. The van der Waals surface area contributed by atoms with E-state index in [9.17, 15) is 4.79 Å². The third kappa shape index (κ3) is 8.47. The fourth-order valence-corrected chi connectivity index (χ4v) is 6.28. The number of fused-ring (bicyclic) bond motifs is 1. The number of hydrogen-bond acceptors (Lipinski definition) is 4. The van der Waals surface area contributed by atoms with Crippen LogP contribution in [0.2, 0.25) is 0 Å². The number of amides is 1. The molecule has 0 radical (unpaired) electrons. The van der Waals surface area contributed by atoms with Gasteiger partial charge in [0, 0.05) is 53.7 Å². The Kier molecular flexibility index (Phi) is 11.1. The van der Waals surface area contributed by atoms with Crippen LogP contribution >= 0.6 is 0 Å². The topological polar surface area (TPSA) is 48.5 Å². The normalized spacial score (nSPS) is 14.3. The third-order valence-corrected chi connectivity index (χ3v) is 8.98. The van der Waals surface area contributed by atoms with E-state index >= 15 is 0 Å². The summed E-state index contributed by atoms with van der Waals surface area (Å²) >= 11 is 0. The predicted molar refractivity (Wildman–Crippen MR) is 185 cm³/mol. The number of likely N-dealkylation sites (tertiary alicyclic amines) is 1. The summed E-state index contributed by atoms with van der Waals surface area (Å²) in [7, 11) is 0. The van der Waals surface area contributed by atoms with Crippen molar-refractivity contribution in [2.24, 2.45) is 5.92 Å². The van der Waals surface area contributed by atoms with Crippen LogP contribution in [-0.4, -0.2) is 46.4 Å². The molecule has 0 spiro atoms. The number of pyridine rings is 1. The summed E-state index contributed by atoms with van der Waals surface area (Å²) in [6, 6.07) is 27.5. The first kappa shape index (κ1) is 31.7. The summed E-state index contributed by atoms with van der Waals surface area (Å²) in [5.41, 5.74) is 7.33. The monoisotopic (exact) mass is 590 g/mol. The average Bonchev–Trinajstić information content (AvgIpc) is 3.04. The van der Waals surface area contributed by atoms with Crippen molar-refractivity contribution in [3.8, 4) is 0 Å². The zero-order valence-electron chi connectivity index (χ0n) is 27.2. The Balaban J connectivity index is 1.31. The SMILES string of the molecule is CCCCCc1ccc(C(=O)N(Cc2ccc(Nc3cc(C)nc4ccccc34)cc2)C2CCN(CCC(C)C)CC2)cc1. The molecule has 0 unspecified atom stereocenters. The molecule has 3 aromatic carbocycles. The molecule has 44 heavy (non-hydrogen) atoms. The molecule has 1 N–H and O–H groups in total. The molecular weight excluding hydrogens is 540 g/mol. The number of carbonyl (C=O) groups is 1. The van der Waals surface area contributed by atoms with Gasteiger partial charge in [-0.3, -0.25) is 9.78 Å². The van der Waals surface area contributed by atoms with E-state index in [1.807, 2.05) is 31.2 Å². The zero-order valence-corrected chi connectivity index (χ0v) is 27.2. The number of anilines is 2. The number of para-hydroxylation sites is 1. The number of rotatable bonds is 13. The highest BCUT2D eigenvalue weighted by Crippen LogP contribution is 2.28. The van der Waals surface area contributed by atoms with Gasteiger partial charge in [-0.2, -0.15) is 0 Å². The van der Waals surface area contributed by atoms with E-state index in [4.69, 9.17) is 0 Å². The molecule has 5 nitrogen and oxygen atoms in total. The maximum absolute atomic E-state index is 14.1.